The molecule has 0 bridgehead atoms. The maximum absolute atomic E-state index is 10.8. The molecule has 0 saturated carbocycles. The van der Waals surface area contributed by atoms with Crippen molar-refractivity contribution in [3.8, 4) is 0 Å². The van der Waals surface area contributed by atoms with Gasteiger partial charge in [0.05, 0.1) is 0 Å². The molecule has 0 radical (unpaired) electrons. The second-order valence-corrected chi connectivity index (χ2v) is 6.49. The summed E-state index contributed by atoms with van der Waals surface area (Å²) >= 11 is 3.45. The van der Waals surface area contributed by atoms with E-state index in [-0.39, 0.29) is 0 Å². The summed E-state index contributed by atoms with van der Waals surface area (Å²) in [5.41, 5.74) is 0. The van der Waals surface area contributed by atoms with E-state index >= 15 is 0 Å². The third-order valence-corrected chi connectivity index (χ3v) is 3.99. The van der Waals surface area contributed by atoms with Crippen LogP contribution >= 0.6 is 15.9 Å². The molecule has 0 aromatic rings. The van der Waals surface area contributed by atoms with Gasteiger partial charge in [-0.2, -0.15) is 0 Å². The van der Waals surface area contributed by atoms with Crippen LogP contribution in [0.5, 0.6) is 0 Å². The van der Waals surface area contributed by atoms with Gasteiger partial charge in [-0.1, -0.05) is 29.3 Å². The third kappa shape index (κ3) is 8.75. The summed E-state index contributed by atoms with van der Waals surface area (Å²) in [5.74, 6) is 0.979. The zero-order chi connectivity index (χ0) is 10.3. The molecular weight excluding hydrogens is 252 g/mol. The molecule has 0 heterocycles. The highest BCUT2D eigenvalue weighted by molar-refractivity contribution is 9.09. The van der Waals surface area contributed by atoms with Gasteiger partial charge in [0.2, 0.25) is 0 Å². The lowest BCUT2D eigenvalue weighted by Gasteiger charge is -2.11. The van der Waals surface area contributed by atoms with Crippen molar-refractivity contribution >= 4 is 25.8 Å². The van der Waals surface area contributed by atoms with Gasteiger partial charge in [0.25, 0.3) is 0 Å². The molecule has 4 heteroatoms. The monoisotopic (exact) mass is 270 g/mol. The average molecular weight is 271 g/mol. The van der Waals surface area contributed by atoms with E-state index in [9.17, 15) is 8.42 Å². The molecule has 0 aliphatic rings. The van der Waals surface area contributed by atoms with Crippen LogP contribution in [-0.4, -0.2) is 25.8 Å². The Balaban J connectivity index is 3.61. The van der Waals surface area contributed by atoms with Crippen LogP contribution in [0.25, 0.3) is 0 Å². The quantitative estimate of drug-likeness (QED) is 0.667. The Bertz CT molecular complexity index is 212. The van der Waals surface area contributed by atoms with Crippen LogP contribution < -0.4 is 0 Å². The van der Waals surface area contributed by atoms with Crippen molar-refractivity contribution in [1.82, 2.24) is 0 Å². The summed E-state index contributed by atoms with van der Waals surface area (Å²) in [4.78, 5) is 0. The lowest BCUT2D eigenvalue weighted by molar-refractivity contribution is 0.489. The van der Waals surface area contributed by atoms with E-state index in [1.54, 1.807) is 0 Å². The molecule has 0 saturated heterocycles. The fourth-order valence-electron chi connectivity index (χ4n) is 1.34. The van der Waals surface area contributed by atoms with Crippen molar-refractivity contribution in [2.45, 2.75) is 32.6 Å². The van der Waals surface area contributed by atoms with Crippen molar-refractivity contribution in [3.05, 3.63) is 0 Å². The standard InChI is InChI=1S/C9H19BrO2S/c1-3-5-9(8-10)6-4-7-13(2,11)12/h9H,3-8H2,1-2H3. The highest BCUT2D eigenvalue weighted by Gasteiger charge is 2.08. The van der Waals surface area contributed by atoms with E-state index in [2.05, 4.69) is 22.9 Å². The summed E-state index contributed by atoms with van der Waals surface area (Å²) in [6, 6.07) is 0. The van der Waals surface area contributed by atoms with E-state index in [1.807, 2.05) is 0 Å². The lowest BCUT2D eigenvalue weighted by atomic mass is 10.0. The number of hydrogen-bond donors (Lipinski definition) is 0. The first-order valence-electron chi connectivity index (χ1n) is 4.73. The summed E-state index contributed by atoms with van der Waals surface area (Å²) < 4.78 is 21.7. The highest BCUT2D eigenvalue weighted by Crippen LogP contribution is 2.16. The topological polar surface area (TPSA) is 34.1 Å². The Morgan fingerprint density at radius 3 is 2.31 bits per heavy atom. The maximum Gasteiger partial charge on any atom is 0.147 e. The number of halogens is 1. The first-order chi connectivity index (χ1) is 5.99. The van der Waals surface area contributed by atoms with Crippen LogP contribution in [0.15, 0.2) is 0 Å². The number of rotatable bonds is 7. The Labute approximate surface area is 90.2 Å². The van der Waals surface area contributed by atoms with Crippen molar-refractivity contribution in [3.63, 3.8) is 0 Å². The van der Waals surface area contributed by atoms with Gasteiger partial charge in [0, 0.05) is 17.3 Å². The van der Waals surface area contributed by atoms with E-state index < -0.39 is 9.84 Å². The molecule has 2 nitrogen and oxygen atoms in total. The van der Waals surface area contributed by atoms with Crippen molar-refractivity contribution in [2.75, 3.05) is 17.3 Å². The molecule has 0 aliphatic carbocycles. The molecule has 0 spiro atoms. The van der Waals surface area contributed by atoms with E-state index in [4.69, 9.17) is 0 Å². The molecule has 80 valence electrons. The minimum Gasteiger partial charge on any atom is -0.229 e. The SMILES string of the molecule is CCCC(CBr)CCCS(C)(=O)=O. The van der Waals surface area contributed by atoms with Gasteiger partial charge >= 0.3 is 0 Å². The molecule has 0 N–H and O–H groups in total. The first-order valence-corrected chi connectivity index (χ1v) is 7.91. The minimum absolute atomic E-state index is 0.334. The van der Waals surface area contributed by atoms with Crippen LogP contribution in [0.4, 0.5) is 0 Å². The van der Waals surface area contributed by atoms with Gasteiger partial charge < -0.3 is 0 Å². The number of hydrogen-bond acceptors (Lipinski definition) is 2. The summed E-state index contributed by atoms with van der Waals surface area (Å²) in [6.45, 7) is 2.16. The minimum atomic E-state index is -2.76. The first kappa shape index (κ1) is 13.4. The number of sulfone groups is 1. The molecular formula is C9H19BrO2S. The predicted molar refractivity (Wildman–Crippen MR) is 61.1 cm³/mol. The van der Waals surface area contributed by atoms with Crippen molar-refractivity contribution in [2.24, 2.45) is 5.92 Å². The molecule has 1 unspecified atom stereocenters. The van der Waals surface area contributed by atoms with Crippen LogP contribution in [0, 0.1) is 5.92 Å². The third-order valence-electron chi connectivity index (χ3n) is 2.04. The molecule has 0 aliphatic heterocycles. The van der Waals surface area contributed by atoms with Gasteiger partial charge in [-0.3, -0.25) is 0 Å². The van der Waals surface area contributed by atoms with E-state index in [0.29, 0.717) is 11.7 Å². The Morgan fingerprint density at radius 1 is 1.31 bits per heavy atom. The van der Waals surface area contributed by atoms with Crippen molar-refractivity contribution in [1.29, 1.82) is 0 Å². The second kappa shape index (κ2) is 6.82. The van der Waals surface area contributed by atoms with Gasteiger partial charge in [0.15, 0.2) is 0 Å². The smallest absolute Gasteiger partial charge is 0.147 e. The lowest BCUT2D eigenvalue weighted by Crippen LogP contribution is -2.07. The van der Waals surface area contributed by atoms with Crippen LogP contribution in [0.3, 0.4) is 0 Å². The highest BCUT2D eigenvalue weighted by atomic mass is 79.9. The second-order valence-electron chi connectivity index (χ2n) is 3.58. The summed E-state index contributed by atoms with van der Waals surface area (Å²) in [5, 5.41) is 0.991. The predicted octanol–water partition coefficient (Wildman–Crippen LogP) is 2.62. The largest absolute Gasteiger partial charge is 0.229 e. The Hall–Kier alpha value is 0.430. The van der Waals surface area contributed by atoms with Gasteiger partial charge in [-0.25, -0.2) is 8.42 Å². The van der Waals surface area contributed by atoms with Gasteiger partial charge in [-0.05, 0) is 25.2 Å². The van der Waals surface area contributed by atoms with Crippen LogP contribution in [-0.2, 0) is 9.84 Å². The molecule has 0 aromatic heterocycles. The van der Waals surface area contributed by atoms with Gasteiger partial charge in [0.1, 0.15) is 9.84 Å². The Morgan fingerprint density at radius 2 is 1.92 bits per heavy atom. The fraction of sp³-hybridized carbons (Fsp3) is 1.00. The molecule has 13 heavy (non-hydrogen) atoms. The zero-order valence-corrected chi connectivity index (χ0v) is 10.8. The molecule has 1 atom stereocenters. The van der Waals surface area contributed by atoms with E-state index in [0.717, 1.165) is 18.2 Å². The molecule has 0 rings (SSSR count). The van der Waals surface area contributed by atoms with Crippen molar-refractivity contribution < 1.29 is 8.42 Å². The fourth-order valence-corrected chi connectivity index (χ4v) is 2.68. The zero-order valence-electron chi connectivity index (χ0n) is 8.42. The summed E-state index contributed by atoms with van der Waals surface area (Å²) in [7, 11) is -2.76. The number of alkyl halides is 1. The summed E-state index contributed by atoms with van der Waals surface area (Å²) in [6.07, 6.45) is 5.49. The van der Waals surface area contributed by atoms with E-state index in [1.165, 1.54) is 19.1 Å². The maximum atomic E-state index is 10.8. The van der Waals surface area contributed by atoms with Crippen LogP contribution in [0.1, 0.15) is 32.6 Å². The molecule has 0 amide bonds. The normalized spacial score (nSPS) is 14.4. The molecule has 0 fully saturated rings. The Kier molecular flexibility index (Phi) is 7.05. The average Bonchev–Trinajstić information content (AvgIpc) is 2.01. The molecule has 0 aromatic carbocycles. The van der Waals surface area contributed by atoms with Gasteiger partial charge in [-0.15, -0.1) is 0 Å². The van der Waals surface area contributed by atoms with Crippen LogP contribution in [0.2, 0.25) is 0 Å².